The standard InChI is InChI=1S/C9H9NO/c10-7-9(2-3-9)5-8-1-4-11-6-8/h1,4,6H,2-3,5H2. The molecule has 0 unspecified atom stereocenters. The van der Waals surface area contributed by atoms with E-state index in [0.717, 1.165) is 24.8 Å². The molecule has 11 heavy (non-hydrogen) atoms. The number of hydrogen-bond donors (Lipinski definition) is 0. The molecule has 2 heteroatoms. The van der Waals surface area contributed by atoms with Crippen LogP contribution in [0.25, 0.3) is 0 Å². The summed E-state index contributed by atoms with van der Waals surface area (Å²) in [6.07, 6.45) is 6.34. The van der Waals surface area contributed by atoms with E-state index in [1.165, 1.54) is 0 Å². The molecule has 0 aromatic carbocycles. The maximum absolute atomic E-state index is 8.77. The third-order valence-electron chi connectivity index (χ3n) is 2.21. The number of nitriles is 1. The smallest absolute Gasteiger partial charge is 0.0935 e. The van der Waals surface area contributed by atoms with Crippen LogP contribution in [0.1, 0.15) is 18.4 Å². The minimum absolute atomic E-state index is 0.0378. The molecular formula is C9H9NO. The highest BCUT2D eigenvalue weighted by Crippen LogP contribution is 2.47. The molecular weight excluding hydrogens is 138 g/mol. The van der Waals surface area contributed by atoms with Gasteiger partial charge in [0.2, 0.25) is 0 Å². The largest absolute Gasteiger partial charge is 0.472 e. The van der Waals surface area contributed by atoms with Gasteiger partial charge in [-0.2, -0.15) is 5.26 Å². The minimum atomic E-state index is -0.0378. The first-order valence-corrected chi connectivity index (χ1v) is 3.77. The minimum Gasteiger partial charge on any atom is -0.472 e. The van der Waals surface area contributed by atoms with Crippen molar-refractivity contribution in [3.63, 3.8) is 0 Å². The second-order valence-corrected chi connectivity index (χ2v) is 3.20. The summed E-state index contributed by atoms with van der Waals surface area (Å²) in [6.45, 7) is 0. The van der Waals surface area contributed by atoms with Crippen LogP contribution in [0.4, 0.5) is 0 Å². The van der Waals surface area contributed by atoms with E-state index in [-0.39, 0.29) is 5.41 Å². The molecule has 1 aromatic rings. The van der Waals surface area contributed by atoms with Gasteiger partial charge in [-0.1, -0.05) is 0 Å². The van der Waals surface area contributed by atoms with Gasteiger partial charge in [-0.15, -0.1) is 0 Å². The molecule has 0 atom stereocenters. The maximum Gasteiger partial charge on any atom is 0.0935 e. The van der Waals surface area contributed by atoms with Crippen molar-refractivity contribution in [2.75, 3.05) is 0 Å². The first kappa shape index (κ1) is 6.48. The average Bonchev–Trinajstić information content (AvgIpc) is 2.59. The van der Waals surface area contributed by atoms with Crippen LogP contribution in [0.3, 0.4) is 0 Å². The molecule has 1 heterocycles. The van der Waals surface area contributed by atoms with E-state index >= 15 is 0 Å². The zero-order valence-electron chi connectivity index (χ0n) is 6.21. The zero-order valence-corrected chi connectivity index (χ0v) is 6.21. The van der Waals surface area contributed by atoms with E-state index in [9.17, 15) is 0 Å². The quantitative estimate of drug-likeness (QED) is 0.642. The molecule has 1 saturated carbocycles. The predicted molar refractivity (Wildman–Crippen MR) is 39.7 cm³/mol. The van der Waals surface area contributed by atoms with E-state index in [0.29, 0.717) is 0 Å². The summed E-state index contributed by atoms with van der Waals surface area (Å²) in [5, 5.41) is 8.77. The van der Waals surface area contributed by atoms with Crippen LogP contribution in [0.5, 0.6) is 0 Å². The fourth-order valence-electron chi connectivity index (χ4n) is 1.26. The molecule has 2 rings (SSSR count). The van der Waals surface area contributed by atoms with Gasteiger partial charge in [-0.25, -0.2) is 0 Å². The van der Waals surface area contributed by atoms with Gasteiger partial charge < -0.3 is 4.42 Å². The van der Waals surface area contributed by atoms with Crippen LogP contribution in [0.15, 0.2) is 23.0 Å². The predicted octanol–water partition coefficient (Wildman–Crippen LogP) is 2.13. The molecule has 56 valence electrons. The normalized spacial score (nSPS) is 19.2. The summed E-state index contributed by atoms with van der Waals surface area (Å²) in [5.74, 6) is 0. The van der Waals surface area contributed by atoms with Crippen molar-refractivity contribution in [2.45, 2.75) is 19.3 Å². The third-order valence-corrected chi connectivity index (χ3v) is 2.21. The van der Waals surface area contributed by atoms with Gasteiger partial charge in [0, 0.05) is 0 Å². The van der Waals surface area contributed by atoms with E-state index in [4.69, 9.17) is 9.68 Å². The fraction of sp³-hybridized carbons (Fsp3) is 0.444. The highest BCUT2D eigenvalue weighted by Gasteiger charge is 2.43. The fourth-order valence-corrected chi connectivity index (χ4v) is 1.26. The van der Waals surface area contributed by atoms with Gasteiger partial charge in [-0.05, 0) is 30.9 Å². The monoisotopic (exact) mass is 147 g/mol. The summed E-state index contributed by atoms with van der Waals surface area (Å²) in [7, 11) is 0. The molecule has 0 aliphatic heterocycles. The molecule has 0 saturated heterocycles. The van der Waals surface area contributed by atoms with Crippen LogP contribution in [-0.4, -0.2) is 0 Å². The summed E-state index contributed by atoms with van der Waals surface area (Å²) in [6, 6.07) is 4.28. The number of hydrogen-bond acceptors (Lipinski definition) is 2. The lowest BCUT2D eigenvalue weighted by molar-refractivity contribution is 0.558. The second-order valence-electron chi connectivity index (χ2n) is 3.20. The Morgan fingerprint density at radius 3 is 2.91 bits per heavy atom. The molecule has 1 aliphatic rings. The van der Waals surface area contributed by atoms with Gasteiger partial charge in [0.1, 0.15) is 0 Å². The van der Waals surface area contributed by atoms with E-state index < -0.39 is 0 Å². The van der Waals surface area contributed by atoms with E-state index in [2.05, 4.69) is 6.07 Å². The number of nitrogens with zero attached hydrogens (tertiary/aromatic N) is 1. The molecule has 0 N–H and O–H groups in total. The van der Waals surface area contributed by atoms with Gasteiger partial charge in [0.05, 0.1) is 24.0 Å². The lowest BCUT2D eigenvalue weighted by Crippen LogP contribution is -1.99. The molecule has 0 amide bonds. The van der Waals surface area contributed by atoms with Crippen LogP contribution in [0, 0.1) is 16.7 Å². The zero-order chi connectivity index (χ0) is 7.73. The Labute approximate surface area is 65.4 Å². The summed E-state index contributed by atoms with van der Waals surface area (Å²) < 4.78 is 4.92. The van der Waals surface area contributed by atoms with Gasteiger partial charge >= 0.3 is 0 Å². The first-order chi connectivity index (χ1) is 5.35. The van der Waals surface area contributed by atoms with Crippen molar-refractivity contribution >= 4 is 0 Å². The Morgan fingerprint density at radius 1 is 1.64 bits per heavy atom. The van der Waals surface area contributed by atoms with Gasteiger partial charge in [-0.3, -0.25) is 0 Å². The molecule has 1 aliphatic carbocycles. The SMILES string of the molecule is N#CC1(Cc2ccoc2)CC1. The van der Waals surface area contributed by atoms with E-state index in [1.54, 1.807) is 12.5 Å². The van der Waals surface area contributed by atoms with Crippen molar-refractivity contribution < 1.29 is 4.42 Å². The summed E-state index contributed by atoms with van der Waals surface area (Å²) in [4.78, 5) is 0. The molecule has 1 fully saturated rings. The lowest BCUT2D eigenvalue weighted by Gasteiger charge is -1.99. The first-order valence-electron chi connectivity index (χ1n) is 3.77. The Hall–Kier alpha value is -1.23. The molecule has 1 aromatic heterocycles. The van der Waals surface area contributed by atoms with Crippen LogP contribution in [-0.2, 0) is 6.42 Å². The molecule has 2 nitrogen and oxygen atoms in total. The summed E-state index contributed by atoms with van der Waals surface area (Å²) >= 11 is 0. The maximum atomic E-state index is 8.77. The van der Waals surface area contributed by atoms with Crippen LogP contribution in [0.2, 0.25) is 0 Å². The van der Waals surface area contributed by atoms with Crippen molar-refractivity contribution in [3.05, 3.63) is 24.2 Å². The molecule has 0 radical (unpaired) electrons. The van der Waals surface area contributed by atoms with Crippen molar-refractivity contribution in [1.82, 2.24) is 0 Å². The Kier molecular flexibility index (Phi) is 1.25. The average molecular weight is 147 g/mol. The molecule has 0 bridgehead atoms. The van der Waals surface area contributed by atoms with Crippen LogP contribution < -0.4 is 0 Å². The third kappa shape index (κ3) is 1.14. The topological polar surface area (TPSA) is 36.9 Å². The number of rotatable bonds is 2. The molecule has 0 spiro atoms. The number of furan rings is 1. The second kappa shape index (κ2) is 2.13. The highest BCUT2D eigenvalue weighted by atomic mass is 16.3. The Bertz CT molecular complexity index is 277. The van der Waals surface area contributed by atoms with Crippen LogP contribution >= 0.6 is 0 Å². The van der Waals surface area contributed by atoms with Crippen molar-refractivity contribution in [1.29, 1.82) is 5.26 Å². The highest BCUT2D eigenvalue weighted by molar-refractivity contribution is 5.19. The summed E-state index contributed by atoms with van der Waals surface area (Å²) in [5.41, 5.74) is 1.10. The lowest BCUT2D eigenvalue weighted by atomic mass is 10.0. The Balaban J connectivity index is 2.08. The van der Waals surface area contributed by atoms with Gasteiger partial charge in [0.25, 0.3) is 0 Å². The van der Waals surface area contributed by atoms with E-state index in [1.807, 2.05) is 6.07 Å². The Morgan fingerprint density at radius 2 is 2.45 bits per heavy atom. The van der Waals surface area contributed by atoms with Crippen molar-refractivity contribution in [3.8, 4) is 6.07 Å². The van der Waals surface area contributed by atoms with Crippen molar-refractivity contribution in [2.24, 2.45) is 5.41 Å². The van der Waals surface area contributed by atoms with Gasteiger partial charge in [0.15, 0.2) is 0 Å².